The maximum absolute atomic E-state index is 11.8. The van der Waals surface area contributed by atoms with Crippen molar-refractivity contribution in [2.45, 2.75) is 51.6 Å². The number of esters is 1. The van der Waals surface area contributed by atoms with Gasteiger partial charge in [-0.1, -0.05) is 12.1 Å². The first-order valence-corrected chi connectivity index (χ1v) is 9.05. The number of rotatable bonds is 5. The third kappa shape index (κ3) is 3.92. The van der Waals surface area contributed by atoms with Gasteiger partial charge < -0.3 is 14.4 Å². The van der Waals surface area contributed by atoms with E-state index in [0.29, 0.717) is 5.92 Å². The molecule has 0 bridgehead atoms. The maximum Gasteiger partial charge on any atom is 0.311 e. The van der Waals surface area contributed by atoms with Gasteiger partial charge >= 0.3 is 5.97 Å². The molecule has 0 saturated carbocycles. The number of nitrogens with zero attached hydrogens (tertiary/aromatic N) is 1. The van der Waals surface area contributed by atoms with Crippen molar-refractivity contribution in [3.05, 3.63) is 29.8 Å². The summed E-state index contributed by atoms with van der Waals surface area (Å²) in [5.74, 6) is 1.53. The molecule has 0 unspecified atom stereocenters. The Labute approximate surface area is 145 Å². The first kappa shape index (κ1) is 17.3. The summed E-state index contributed by atoms with van der Waals surface area (Å²) in [6.07, 6.45) is 4.28. The van der Waals surface area contributed by atoms with E-state index in [-0.39, 0.29) is 17.5 Å². The lowest BCUT2D eigenvalue weighted by atomic mass is 9.88. The molecule has 3 rings (SSSR count). The quantitative estimate of drug-likeness (QED) is 0.773. The molecule has 2 heterocycles. The van der Waals surface area contributed by atoms with Crippen LogP contribution < -0.4 is 4.74 Å². The molecular formula is C20H29NO3. The summed E-state index contributed by atoms with van der Waals surface area (Å²) in [5.41, 5.74) is 1.09. The van der Waals surface area contributed by atoms with Crippen molar-refractivity contribution in [2.75, 3.05) is 26.7 Å². The minimum absolute atomic E-state index is 0.0377. The van der Waals surface area contributed by atoms with E-state index in [1.807, 2.05) is 19.9 Å². The van der Waals surface area contributed by atoms with Gasteiger partial charge in [-0.25, -0.2) is 0 Å². The molecule has 0 spiro atoms. The van der Waals surface area contributed by atoms with Crippen LogP contribution in [0.2, 0.25) is 0 Å². The summed E-state index contributed by atoms with van der Waals surface area (Å²) in [6, 6.07) is 8.46. The van der Waals surface area contributed by atoms with E-state index in [9.17, 15) is 4.79 Å². The minimum atomic E-state index is -0.302. The van der Waals surface area contributed by atoms with Crippen LogP contribution in [-0.2, 0) is 9.53 Å². The fourth-order valence-corrected chi connectivity index (χ4v) is 3.88. The summed E-state index contributed by atoms with van der Waals surface area (Å²) >= 11 is 0. The summed E-state index contributed by atoms with van der Waals surface area (Å²) in [4.78, 5) is 14.3. The van der Waals surface area contributed by atoms with Crippen LogP contribution in [0.3, 0.4) is 0 Å². The number of hydrogen-bond acceptors (Lipinski definition) is 4. The highest BCUT2D eigenvalue weighted by atomic mass is 16.6. The highest BCUT2D eigenvalue weighted by Crippen LogP contribution is 2.35. The Morgan fingerprint density at radius 3 is 2.67 bits per heavy atom. The van der Waals surface area contributed by atoms with Crippen LogP contribution in [0.15, 0.2) is 24.3 Å². The van der Waals surface area contributed by atoms with Gasteiger partial charge in [-0.3, -0.25) is 4.79 Å². The molecular weight excluding hydrogens is 302 g/mol. The number of hydrogen-bond donors (Lipinski definition) is 0. The van der Waals surface area contributed by atoms with Crippen LogP contribution in [0, 0.1) is 5.41 Å². The van der Waals surface area contributed by atoms with E-state index in [4.69, 9.17) is 9.47 Å². The first-order valence-electron chi connectivity index (χ1n) is 9.05. The maximum atomic E-state index is 11.8. The predicted molar refractivity (Wildman–Crippen MR) is 94.3 cm³/mol. The van der Waals surface area contributed by atoms with Crippen molar-refractivity contribution in [3.63, 3.8) is 0 Å². The van der Waals surface area contributed by atoms with Crippen LogP contribution in [-0.4, -0.2) is 43.7 Å². The molecule has 132 valence electrons. The number of cyclic esters (lactones) is 1. The average Bonchev–Trinajstić information content (AvgIpc) is 2.86. The van der Waals surface area contributed by atoms with E-state index in [1.165, 1.54) is 18.4 Å². The SMILES string of the molecule is COc1cccc(C2CCN(CC[C@@H]3CC(C)(C)C(=O)O3)CC2)c1. The van der Waals surface area contributed by atoms with E-state index < -0.39 is 0 Å². The van der Waals surface area contributed by atoms with Crippen LogP contribution >= 0.6 is 0 Å². The average molecular weight is 331 g/mol. The number of carbonyl (C=O) groups is 1. The number of methoxy groups -OCH3 is 1. The van der Waals surface area contributed by atoms with Crippen molar-refractivity contribution in [2.24, 2.45) is 5.41 Å². The fraction of sp³-hybridized carbons (Fsp3) is 0.650. The number of piperidine rings is 1. The Bertz CT molecular complexity index is 576. The van der Waals surface area contributed by atoms with Gasteiger partial charge in [-0.05, 0) is 76.2 Å². The summed E-state index contributed by atoms with van der Waals surface area (Å²) in [5, 5.41) is 0. The third-order valence-electron chi connectivity index (χ3n) is 5.48. The number of ether oxygens (including phenoxy) is 2. The zero-order valence-corrected chi connectivity index (χ0v) is 15.1. The van der Waals surface area contributed by atoms with Crippen LogP contribution in [0.5, 0.6) is 5.75 Å². The van der Waals surface area contributed by atoms with Gasteiger partial charge in [0.05, 0.1) is 12.5 Å². The summed E-state index contributed by atoms with van der Waals surface area (Å²) in [7, 11) is 1.72. The molecule has 1 aromatic rings. The van der Waals surface area contributed by atoms with E-state index >= 15 is 0 Å². The lowest BCUT2D eigenvalue weighted by Crippen LogP contribution is -2.35. The van der Waals surface area contributed by atoms with Gasteiger partial charge in [0.2, 0.25) is 0 Å². The molecule has 2 aliphatic heterocycles. The topological polar surface area (TPSA) is 38.8 Å². The van der Waals surface area contributed by atoms with Gasteiger partial charge in [0, 0.05) is 6.54 Å². The molecule has 4 heteroatoms. The van der Waals surface area contributed by atoms with Gasteiger partial charge in [-0.2, -0.15) is 0 Å². The monoisotopic (exact) mass is 331 g/mol. The Kier molecular flexibility index (Phi) is 5.14. The Morgan fingerprint density at radius 1 is 1.29 bits per heavy atom. The van der Waals surface area contributed by atoms with Gasteiger partial charge in [-0.15, -0.1) is 0 Å². The Morgan fingerprint density at radius 2 is 2.04 bits per heavy atom. The summed E-state index contributed by atoms with van der Waals surface area (Å²) in [6.45, 7) is 7.22. The second kappa shape index (κ2) is 7.14. The van der Waals surface area contributed by atoms with Gasteiger partial charge in [0.25, 0.3) is 0 Å². The zero-order valence-electron chi connectivity index (χ0n) is 15.1. The number of carbonyl (C=O) groups excluding carboxylic acids is 1. The predicted octanol–water partition coefficient (Wildman–Crippen LogP) is 3.61. The molecule has 0 amide bonds. The molecule has 0 N–H and O–H groups in total. The summed E-state index contributed by atoms with van der Waals surface area (Å²) < 4.78 is 10.8. The zero-order chi connectivity index (χ0) is 17.2. The largest absolute Gasteiger partial charge is 0.497 e. The molecule has 2 saturated heterocycles. The molecule has 1 atom stereocenters. The smallest absolute Gasteiger partial charge is 0.311 e. The fourth-order valence-electron chi connectivity index (χ4n) is 3.88. The molecule has 2 aliphatic rings. The van der Waals surface area contributed by atoms with Gasteiger partial charge in [0.15, 0.2) is 0 Å². The highest BCUT2D eigenvalue weighted by molar-refractivity contribution is 5.78. The van der Waals surface area contributed by atoms with Crippen LogP contribution in [0.25, 0.3) is 0 Å². The van der Waals surface area contributed by atoms with E-state index in [0.717, 1.165) is 38.2 Å². The van der Waals surface area contributed by atoms with Crippen molar-refractivity contribution in [3.8, 4) is 5.75 Å². The standard InChI is InChI=1S/C20H29NO3/c1-20(2)14-18(24-19(20)22)9-12-21-10-7-15(8-11-21)16-5-4-6-17(13-16)23-3/h4-6,13,15,18H,7-12,14H2,1-3H3/t18-/m1/s1. The molecule has 24 heavy (non-hydrogen) atoms. The van der Waals surface area contributed by atoms with E-state index in [2.05, 4.69) is 23.1 Å². The normalized spacial score (nSPS) is 24.8. The van der Waals surface area contributed by atoms with Crippen LogP contribution in [0.4, 0.5) is 0 Å². The lowest BCUT2D eigenvalue weighted by molar-refractivity contribution is -0.147. The third-order valence-corrected chi connectivity index (χ3v) is 5.48. The first-order chi connectivity index (χ1) is 11.5. The molecule has 1 aromatic carbocycles. The van der Waals surface area contributed by atoms with Gasteiger partial charge in [0.1, 0.15) is 11.9 Å². The minimum Gasteiger partial charge on any atom is -0.497 e. The molecule has 4 nitrogen and oxygen atoms in total. The lowest BCUT2D eigenvalue weighted by Gasteiger charge is -2.32. The second-order valence-corrected chi connectivity index (χ2v) is 7.80. The molecule has 0 aromatic heterocycles. The molecule has 0 aliphatic carbocycles. The Balaban J connectivity index is 1.45. The van der Waals surface area contributed by atoms with E-state index in [1.54, 1.807) is 7.11 Å². The second-order valence-electron chi connectivity index (χ2n) is 7.80. The Hall–Kier alpha value is -1.55. The number of benzene rings is 1. The number of likely N-dealkylation sites (tertiary alicyclic amines) is 1. The van der Waals surface area contributed by atoms with Crippen molar-refractivity contribution in [1.82, 2.24) is 4.90 Å². The van der Waals surface area contributed by atoms with Crippen molar-refractivity contribution < 1.29 is 14.3 Å². The highest BCUT2D eigenvalue weighted by Gasteiger charge is 2.41. The molecule has 2 fully saturated rings. The van der Waals surface area contributed by atoms with Crippen molar-refractivity contribution in [1.29, 1.82) is 0 Å². The van der Waals surface area contributed by atoms with Crippen molar-refractivity contribution >= 4 is 5.97 Å². The molecule has 0 radical (unpaired) electrons. The van der Waals surface area contributed by atoms with Crippen LogP contribution in [0.1, 0.15) is 51.0 Å².